The monoisotopic (exact) mass is 241 g/mol. The number of aliphatic hydroxyl groups excluding tert-OH is 1. The molecule has 0 fully saturated rings. The molecule has 1 heterocycles. The number of rotatable bonds is 7. The molecule has 1 rings (SSSR count). The highest BCUT2D eigenvalue weighted by Gasteiger charge is 2.06. The largest absolute Gasteiger partial charge is 0.394 e. The maximum absolute atomic E-state index is 8.57. The van der Waals surface area contributed by atoms with E-state index < -0.39 is 0 Å². The lowest BCUT2D eigenvalue weighted by Crippen LogP contribution is -2.24. The molecule has 4 N–H and O–H groups in total. The summed E-state index contributed by atoms with van der Waals surface area (Å²) in [6.07, 6.45) is 0. The van der Waals surface area contributed by atoms with Crippen LogP contribution in [0.1, 0.15) is 0 Å². The lowest BCUT2D eigenvalue weighted by atomic mass is 10.4. The van der Waals surface area contributed by atoms with Gasteiger partial charge in [-0.05, 0) is 0 Å². The van der Waals surface area contributed by atoms with Crippen molar-refractivity contribution >= 4 is 17.6 Å². The second kappa shape index (κ2) is 6.87. The fraction of sp³-hybridized carbons (Fsp3) is 0.600. The van der Waals surface area contributed by atoms with Crippen LogP contribution in [0.4, 0.5) is 17.6 Å². The minimum atomic E-state index is 0.0358. The van der Waals surface area contributed by atoms with Gasteiger partial charge in [-0.3, -0.25) is 0 Å². The average molecular weight is 241 g/mol. The highest BCUT2D eigenvalue weighted by molar-refractivity contribution is 5.51. The molecule has 0 aliphatic carbocycles. The van der Waals surface area contributed by atoms with Crippen LogP contribution in [0.25, 0.3) is 0 Å². The molecule has 0 atom stereocenters. The smallest absolute Gasteiger partial charge is 0.223 e. The highest BCUT2D eigenvalue weighted by atomic mass is 16.5. The first-order chi connectivity index (χ1) is 8.17. The van der Waals surface area contributed by atoms with Gasteiger partial charge in [-0.1, -0.05) is 0 Å². The van der Waals surface area contributed by atoms with E-state index in [1.165, 1.54) is 0 Å². The number of nitrogen functional groups attached to an aromatic ring is 1. The van der Waals surface area contributed by atoms with Crippen molar-refractivity contribution in [1.29, 1.82) is 0 Å². The van der Waals surface area contributed by atoms with Crippen molar-refractivity contribution in [2.45, 2.75) is 0 Å². The molecule has 7 nitrogen and oxygen atoms in total. The van der Waals surface area contributed by atoms with E-state index in [0.717, 1.165) is 5.82 Å². The lowest BCUT2D eigenvalue weighted by Gasteiger charge is -2.18. The van der Waals surface area contributed by atoms with E-state index in [-0.39, 0.29) is 12.6 Å². The van der Waals surface area contributed by atoms with Gasteiger partial charge in [-0.2, -0.15) is 9.97 Å². The molecule has 1 aromatic heterocycles. The van der Waals surface area contributed by atoms with Gasteiger partial charge in [0.15, 0.2) is 0 Å². The number of ether oxygens (including phenoxy) is 1. The molecule has 0 radical (unpaired) electrons. The van der Waals surface area contributed by atoms with Gasteiger partial charge in [0, 0.05) is 26.7 Å². The molecule has 1 aromatic rings. The van der Waals surface area contributed by atoms with Crippen LogP contribution in [0.5, 0.6) is 0 Å². The molecule has 96 valence electrons. The molecule has 0 aromatic carbocycles. The van der Waals surface area contributed by atoms with Gasteiger partial charge in [0.1, 0.15) is 11.6 Å². The number of hydrogen-bond acceptors (Lipinski definition) is 7. The molecule has 0 amide bonds. The Morgan fingerprint density at radius 2 is 2.24 bits per heavy atom. The van der Waals surface area contributed by atoms with E-state index in [1.54, 1.807) is 7.05 Å². The molecule has 0 unspecified atom stereocenters. The zero-order valence-corrected chi connectivity index (χ0v) is 10.2. The molecule has 0 aliphatic rings. The van der Waals surface area contributed by atoms with Crippen molar-refractivity contribution in [1.82, 2.24) is 9.97 Å². The quantitative estimate of drug-likeness (QED) is 0.556. The summed E-state index contributed by atoms with van der Waals surface area (Å²) in [6, 6.07) is 1.81. The Morgan fingerprint density at radius 3 is 2.88 bits per heavy atom. The molecule has 17 heavy (non-hydrogen) atoms. The van der Waals surface area contributed by atoms with Crippen molar-refractivity contribution in [3.8, 4) is 0 Å². The summed E-state index contributed by atoms with van der Waals surface area (Å²) < 4.78 is 5.18. The highest BCUT2D eigenvalue weighted by Crippen LogP contribution is 2.14. The first kappa shape index (κ1) is 13.5. The van der Waals surface area contributed by atoms with Crippen molar-refractivity contribution in [2.24, 2.45) is 0 Å². The number of nitrogens with zero attached hydrogens (tertiary/aromatic N) is 3. The zero-order chi connectivity index (χ0) is 12.7. The number of nitrogens with one attached hydrogen (secondary N) is 1. The third kappa shape index (κ3) is 4.41. The van der Waals surface area contributed by atoms with Crippen LogP contribution < -0.4 is 16.0 Å². The van der Waals surface area contributed by atoms with Gasteiger partial charge in [-0.25, -0.2) is 0 Å². The Morgan fingerprint density at radius 1 is 1.47 bits per heavy atom. The summed E-state index contributed by atoms with van der Waals surface area (Å²) in [6.45, 7) is 1.57. The topological polar surface area (TPSA) is 96.5 Å². The third-order valence-electron chi connectivity index (χ3n) is 2.18. The normalized spacial score (nSPS) is 10.3. The van der Waals surface area contributed by atoms with E-state index in [0.29, 0.717) is 25.6 Å². The number of hydrogen-bond donors (Lipinski definition) is 3. The number of likely N-dealkylation sites (N-methyl/N-ethyl adjacent to an activating group) is 1. The standard InChI is InChI=1S/C10H19N5O2/c1-12-8-7-9(14-10(11)13-8)15(2)3-5-17-6-4-16/h7,16H,3-6H2,1-2H3,(H3,11,12,13,14). The molecule has 0 saturated carbocycles. The van der Waals surface area contributed by atoms with Crippen molar-refractivity contribution in [3.05, 3.63) is 6.07 Å². The summed E-state index contributed by atoms with van der Waals surface area (Å²) >= 11 is 0. The second-order valence-electron chi connectivity index (χ2n) is 3.48. The van der Waals surface area contributed by atoms with Crippen LogP contribution >= 0.6 is 0 Å². The van der Waals surface area contributed by atoms with E-state index in [9.17, 15) is 0 Å². The van der Waals surface area contributed by atoms with Crippen LogP contribution in [-0.2, 0) is 4.74 Å². The summed E-state index contributed by atoms with van der Waals surface area (Å²) in [5, 5.41) is 11.5. The second-order valence-corrected chi connectivity index (χ2v) is 3.48. The molecule has 7 heteroatoms. The number of aromatic nitrogens is 2. The SMILES string of the molecule is CNc1cc(N(C)CCOCCO)nc(N)n1. The van der Waals surface area contributed by atoms with Gasteiger partial charge in [0.05, 0.1) is 19.8 Å². The van der Waals surface area contributed by atoms with Gasteiger partial charge in [-0.15, -0.1) is 0 Å². The van der Waals surface area contributed by atoms with Crippen LogP contribution in [0.15, 0.2) is 6.07 Å². The lowest BCUT2D eigenvalue weighted by molar-refractivity contribution is 0.0970. The van der Waals surface area contributed by atoms with Gasteiger partial charge in [0.25, 0.3) is 0 Å². The molecular formula is C10H19N5O2. The maximum atomic E-state index is 8.57. The Bertz CT molecular complexity index is 347. The Hall–Kier alpha value is -1.60. The molecule has 0 aliphatic heterocycles. The van der Waals surface area contributed by atoms with Crippen LogP contribution in [0.3, 0.4) is 0 Å². The zero-order valence-electron chi connectivity index (χ0n) is 10.2. The third-order valence-corrected chi connectivity index (χ3v) is 2.18. The molecule has 0 saturated heterocycles. The summed E-state index contributed by atoms with van der Waals surface area (Å²) in [5.74, 6) is 1.64. The minimum Gasteiger partial charge on any atom is -0.394 e. The predicted molar refractivity (Wildman–Crippen MR) is 67.2 cm³/mol. The predicted octanol–water partition coefficient (Wildman–Crippen LogP) is -0.454. The van der Waals surface area contributed by atoms with E-state index in [4.69, 9.17) is 15.6 Å². The maximum Gasteiger partial charge on any atom is 0.223 e. The Kier molecular flexibility index (Phi) is 5.44. The Labute approximate surface area is 101 Å². The van der Waals surface area contributed by atoms with Crippen molar-refractivity contribution in [3.63, 3.8) is 0 Å². The first-order valence-electron chi connectivity index (χ1n) is 5.39. The number of aliphatic hydroxyl groups is 1. The van der Waals surface area contributed by atoms with Crippen molar-refractivity contribution < 1.29 is 9.84 Å². The summed E-state index contributed by atoms with van der Waals surface area (Å²) in [4.78, 5) is 10.1. The van der Waals surface area contributed by atoms with E-state index >= 15 is 0 Å². The van der Waals surface area contributed by atoms with Crippen LogP contribution in [-0.4, -0.2) is 55.5 Å². The molecule has 0 bridgehead atoms. The van der Waals surface area contributed by atoms with Crippen molar-refractivity contribution in [2.75, 3.05) is 56.4 Å². The van der Waals surface area contributed by atoms with Crippen LogP contribution in [0, 0.1) is 0 Å². The summed E-state index contributed by atoms with van der Waals surface area (Å²) in [5.41, 5.74) is 5.60. The molecular weight excluding hydrogens is 222 g/mol. The Balaban J connectivity index is 2.55. The minimum absolute atomic E-state index is 0.0358. The van der Waals surface area contributed by atoms with E-state index in [1.807, 2.05) is 18.0 Å². The first-order valence-corrected chi connectivity index (χ1v) is 5.39. The number of anilines is 3. The van der Waals surface area contributed by atoms with Crippen LogP contribution in [0.2, 0.25) is 0 Å². The van der Waals surface area contributed by atoms with Gasteiger partial charge in [0.2, 0.25) is 5.95 Å². The fourth-order valence-electron chi connectivity index (χ4n) is 1.26. The van der Waals surface area contributed by atoms with E-state index in [2.05, 4.69) is 15.3 Å². The average Bonchev–Trinajstić information content (AvgIpc) is 2.33. The van der Waals surface area contributed by atoms with Gasteiger partial charge >= 0.3 is 0 Å². The molecule has 0 spiro atoms. The van der Waals surface area contributed by atoms with Gasteiger partial charge < -0.3 is 25.8 Å². The fourth-order valence-corrected chi connectivity index (χ4v) is 1.26. The number of nitrogens with two attached hydrogens (primary N) is 1. The summed E-state index contributed by atoms with van der Waals surface area (Å²) in [7, 11) is 3.67.